The van der Waals surface area contributed by atoms with Crippen LogP contribution < -0.4 is 10.2 Å². The van der Waals surface area contributed by atoms with Gasteiger partial charge in [-0.15, -0.1) is 0 Å². The van der Waals surface area contributed by atoms with Crippen molar-refractivity contribution in [1.82, 2.24) is 15.1 Å². The zero-order chi connectivity index (χ0) is 27.4. The SMILES string of the molecule is O=C1N(c2ccc3c(c2)c(C2CC2)nn3C(c2ccccc2)(c2ccccc2)c2ccccc2)CC[C@]12CCNC2. The highest BCUT2D eigenvalue weighted by Crippen LogP contribution is 2.48. The fourth-order valence-corrected chi connectivity index (χ4v) is 7.32. The van der Waals surface area contributed by atoms with Crippen LogP contribution in [0.3, 0.4) is 0 Å². The van der Waals surface area contributed by atoms with E-state index >= 15 is 0 Å². The van der Waals surface area contributed by atoms with Crippen LogP contribution in [-0.4, -0.2) is 35.3 Å². The minimum atomic E-state index is -0.667. The molecule has 1 aromatic heterocycles. The second-order valence-electron chi connectivity index (χ2n) is 12.0. The summed E-state index contributed by atoms with van der Waals surface area (Å²) in [6, 6.07) is 38.9. The highest BCUT2D eigenvalue weighted by Gasteiger charge is 2.49. The molecule has 41 heavy (non-hydrogen) atoms. The van der Waals surface area contributed by atoms with Crippen LogP contribution in [0.2, 0.25) is 0 Å². The number of hydrogen-bond donors (Lipinski definition) is 1. The predicted octanol–water partition coefficient (Wildman–Crippen LogP) is 6.47. The van der Waals surface area contributed by atoms with Crippen molar-refractivity contribution in [2.45, 2.75) is 37.1 Å². The van der Waals surface area contributed by atoms with Crippen molar-refractivity contribution in [3.05, 3.63) is 132 Å². The number of nitrogens with zero attached hydrogens (tertiary/aromatic N) is 3. The third-order valence-corrected chi connectivity index (χ3v) is 9.62. The van der Waals surface area contributed by atoms with E-state index < -0.39 is 5.54 Å². The molecule has 4 aromatic carbocycles. The molecule has 1 amide bonds. The summed E-state index contributed by atoms with van der Waals surface area (Å²) < 4.78 is 2.27. The summed E-state index contributed by atoms with van der Waals surface area (Å²) in [7, 11) is 0. The summed E-state index contributed by atoms with van der Waals surface area (Å²) >= 11 is 0. The normalized spacial score (nSPS) is 20.9. The van der Waals surface area contributed by atoms with E-state index in [1.165, 1.54) is 16.7 Å². The Bertz CT molecular complexity index is 1620. The number of carbonyl (C=O) groups excluding carboxylic acids is 1. The van der Waals surface area contributed by atoms with Gasteiger partial charge in [-0.25, -0.2) is 4.68 Å². The number of amides is 1. The van der Waals surface area contributed by atoms with Crippen LogP contribution in [0.25, 0.3) is 10.9 Å². The number of benzene rings is 4. The lowest BCUT2D eigenvalue weighted by Gasteiger charge is -2.37. The molecule has 1 N–H and O–H groups in total. The van der Waals surface area contributed by atoms with Crippen LogP contribution >= 0.6 is 0 Å². The Morgan fingerprint density at radius 2 is 1.39 bits per heavy atom. The Balaban J connectivity index is 1.38. The van der Waals surface area contributed by atoms with Gasteiger partial charge in [0.2, 0.25) is 5.91 Å². The minimum Gasteiger partial charge on any atom is -0.316 e. The highest BCUT2D eigenvalue weighted by molar-refractivity contribution is 6.02. The fourth-order valence-electron chi connectivity index (χ4n) is 7.32. The van der Waals surface area contributed by atoms with E-state index in [1.807, 2.05) is 4.90 Å². The third kappa shape index (κ3) is 3.72. The summed E-state index contributed by atoms with van der Waals surface area (Å²) in [6.45, 7) is 2.50. The average molecular weight is 539 g/mol. The highest BCUT2D eigenvalue weighted by atomic mass is 16.2. The van der Waals surface area contributed by atoms with Crippen molar-refractivity contribution < 1.29 is 4.79 Å². The van der Waals surface area contributed by atoms with E-state index in [0.717, 1.165) is 67.6 Å². The number of aromatic nitrogens is 2. The monoisotopic (exact) mass is 538 g/mol. The summed E-state index contributed by atoms with van der Waals surface area (Å²) in [4.78, 5) is 15.7. The number of hydrogen-bond acceptors (Lipinski definition) is 3. The molecule has 5 heteroatoms. The first-order chi connectivity index (χ1) is 20.2. The zero-order valence-corrected chi connectivity index (χ0v) is 23.2. The van der Waals surface area contributed by atoms with Crippen molar-refractivity contribution in [1.29, 1.82) is 0 Å². The molecule has 0 radical (unpaired) electrons. The molecule has 0 unspecified atom stereocenters. The smallest absolute Gasteiger partial charge is 0.234 e. The van der Waals surface area contributed by atoms with Crippen LogP contribution in [0, 0.1) is 5.41 Å². The lowest BCUT2D eigenvalue weighted by molar-refractivity contribution is -0.124. The molecular weight excluding hydrogens is 504 g/mol. The van der Waals surface area contributed by atoms with E-state index in [9.17, 15) is 4.79 Å². The standard InChI is InChI=1S/C36H34N4O/c41-34-35(20-22-37-25-35)21-23-39(34)30-18-19-32-31(24-30)33(26-16-17-26)38-40(32)36(27-10-4-1-5-11-27,28-12-6-2-7-13-28)29-14-8-3-9-15-29/h1-15,18-19,24,26,37H,16-17,20-23,25H2/t35-/m0/s1. The van der Waals surface area contributed by atoms with Crippen LogP contribution in [0.4, 0.5) is 5.69 Å². The van der Waals surface area contributed by atoms with Crippen molar-refractivity contribution in [2.75, 3.05) is 24.5 Å². The molecule has 1 aliphatic carbocycles. The van der Waals surface area contributed by atoms with Gasteiger partial charge in [0.15, 0.2) is 0 Å². The molecule has 5 nitrogen and oxygen atoms in total. The van der Waals surface area contributed by atoms with Gasteiger partial charge in [-0.3, -0.25) is 4.79 Å². The fraction of sp³-hybridized carbons (Fsp3) is 0.278. The lowest BCUT2D eigenvalue weighted by atomic mass is 9.77. The molecule has 1 atom stereocenters. The van der Waals surface area contributed by atoms with Gasteiger partial charge in [-0.05, 0) is 67.1 Å². The van der Waals surface area contributed by atoms with Crippen LogP contribution in [0.5, 0.6) is 0 Å². The number of nitrogens with one attached hydrogen (secondary N) is 1. The van der Waals surface area contributed by atoms with Gasteiger partial charge in [0.05, 0.1) is 16.6 Å². The summed E-state index contributed by atoms with van der Waals surface area (Å²) in [5.74, 6) is 0.725. The molecule has 1 spiro atoms. The Morgan fingerprint density at radius 1 is 0.780 bits per heavy atom. The molecule has 8 rings (SSSR count). The number of fused-ring (bicyclic) bond motifs is 1. The Morgan fingerprint density at radius 3 is 1.93 bits per heavy atom. The van der Waals surface area contributed by atoms with E-state index in [4.69, 9.17) is 5.10 Å². The molecule has 2 saturated heterocycles. The predicted molar refractivity (Wildman–Crippen MR) is 163 cm³/mol. The second-order valence-corrected chi connectivity index (χ2v) is 12.0. The van der Waals surface area contributed by atoms with E-state index in [-0.39, 0.29) is 11.3 Å². The molecule has 3 heterocycles. The molecule has 204 valence electrons. The first-order valence-corrected chi connectivity index (χ1v) is 14.9. The number of carbonyl (C=O) groups is 1. The number of rotatable bonds is 6. The molecule has 3 fully saturated rings. The van der Waals surface area contributed by atoms with Crippen molar-refractivity contribution >= 4 is 22.5 Å². The third-order valence-electron chi connectivity index (χ3n) is 9.62. The first kappa shape index (κ1) is 24.6. The minimum absolute atomic E-state index is 0.235. The Labute approximate surface area is 240 Å². The van der Waals surface area contributed by atoms with Gasteiger partial charge in [-0.2, -0.15) is 5.10 Å². The van der Waals surface area contributed by atoms with Gasteiger partial charge in [0, 0.05) is 30.1 Å². The molecule has 3 aliphatic rings. The van der Waals surface area contributed by atoms with Gasteiger partial charge in [0.25, 0.3) is 0 Å². The topological polar surface area (TPSA) is 50.2 Å². The zero-order valence-electron chi connectivity index (χ0n) is 23.2. The largest absolute Gasteiger partial charge is 0.316 e. The van der Waals surface area contributed by atoms with Crippen molar-refractivity contribution in [2.24, 2.45) is 5.41 Å². The van der Waals surface area contributed by atoms with E-state index in [2.05, 4.69) is 119 Å². The van der Waals surface area contributed by atoms with Crippen molar-refractivity contribution in [3.63, 3.8) is 0 Å². The molecule has 1 saturated carbocycles. The quantitative estimate of drug-likeness (QED) is 0.252. The van der Waals surface area contributed by atoms with E-state index in [1.54, 1.807) is 0 Å². The average Bonchev–Trinajstić information content (AvgIpc) is 3.50. The second kappa shape index (κ2) is 9.42. The molecule has 0 bridgehead atoms. The van der Waals surface area contributed by atoms with Gasteiger partial charge >= 0.3 is 0 Å². The van der Waals surface area contributed by atoms with Crippen LogP contribution in [0.1, 0.15) is 54.0 Å². The molecular formula is C36H34N4O. The van der Waals surface area contributed by atoms with Crippen LogP contribution in [0.15, 0.2) is 109 Å². The maximum Gasteiger partial charge on any atom is 0.234 e. The maximum atomic E-state index is 13.7. The Kier molecular flexibility index (Phi) is 5.64. The first-order valence-electron chi connectivity index (χ1n) is 14.9. The molecule has 5 aromatic rings. The van der Waals surface area contributed by atoms with Gasteiger partial charge < -0.3 is 10.2 Å². The Hall–Kier alpha value is -4.22. The van der Waals surface area contributed by atoms with Crippen LogP contribution in [-0.2, 0) is 10.3 Å². The number of anilines is 1. The van der Waals surface area contributed by atoms with Gasteiger partial charge in [-0.1, -0.05) is 91.0 Å². The summed E-state index contributed by atoms with van der Waals surface area (Å²) in [5, 5.41) is 10.1. The summed E-state index contributed by atoms with van der Waals surface area (Å²) in [6.07, 6.45) is 4.17. The van der Waals surface area contributed by atoms with Gasteiger partial charge in [0.1, 0.15) is 5.54 Å². The summed E-state index contributed by atoms with van der Waals surface area (Å²) in [5.41, 5.74) is 5.84. The molecule has 2 aliphatic heterocycles. The van der Waals surface area contributed by atoms with E-state index in [0.29, 0.717) is 5.92 Å². The van der Waals surface area contributed by atoms with Crippen molar-refractivity contribution in [3.8, 4) is 0 Å². The maximum absolute atomic E-state index is 13.7. The lowest BCUT2D eigenvalue weighted by Crippen LogP contribution is -2.38.